The SMILES string of the molecule is C=C(NC(CO)C(=C)C)C(N)C/C(C)=C/C. The van der Waals surface area contributed by atoms with Crippen LogP contribution in [0.4, 0.5) is 0 Å². The Morgan fingerprint density at radius 1 is 1.44 bits per heavy atom. The van der Waals surface area contributed by atoms with Gasteiger partial charge < -0.3 is 16.2 Å². The maximum Gasteiger partial charge on any atom is 0.0697 e. The minimum atomic E-state index is -0.163. The van der Waals surface area contributed by atoms with Crippen molar-refractivity contribution >= 4 is 0 Å². The molecule has 0 rings (SSSR count). The highest BCUT2D eigenvalue weighted by Crippen LogP contribution is 2.09. The summed E-state index contributed by atoms with van der Waals surface area (Å²) in [6.07, 6.45) is 2.81. The number of rotatable bonds is 7. The first kappa shape index (κ1) is 14.9. The number of nitrogens with two attached hydrogens (primary N) is 1. The molecule has 0 amide bonds. The summed E-state index contributed by atoms with van der Waals surface area (Å²) in [5.41, 5.74) is 8.82. The minimum absolute atomic E-state index is 0.00364. The van der Waals surface area contributed by atoms with E-state index in [0.29, 0.717) is 0 Å². The van der Waals surface area contributed by atoms with Crippen molar-refractivity contribution in [3.8, 4) is 0 Å². The van der Waals surface area contributed by atoms with E-state index in [1.54, 1.807) is 0 Å². The molecule has 2 atom stereocenters. The van der Waals surface area contributed by atoms with Crippen molar-refractivity contribution in [3.05, 3.63) is 36.1 Å². The predicted molar refractivity (Wildman–Crippen MR) is 70.0 cm³/mol. The molecule has 0 saturated carbocycles. The standard InChI is InChI=1S/C13H24N2O/c1-6-10(4)7-12(14)11(5)15-13(8-16)9(2)3/h6,12-13,15-16H,2,5,7-8,14H2,1,3-4H3/b10-6+. The van der Waals surface area contributed by atoms with Crippen molar-refractivity contribution in [1.29, 1.82) is 0 Å². The van der Waals surface area contributed by atoms with Gasteiger partial charge in [-0.25, -0.2) is 0 Å². The smallest absolute Gasteiger partial charge is 0.0697 e. The van der Waals surface area contributed by atoms with Crippen LogP contribution in [0.25, 0.3) is 0 Å². The zero-order chi connectivity index (χ0) is 12.7. The highest BCUT2D eigenvalue weighted by Gasteiger charge is 2.13. The molecule has 3 nitrogen and oxygen atoms in total. The van der Waals surface area contributed by atoms with E-state index in [-0.39, 0.29) is 18.7 Å². The Labute approximate surface area is 98.7 Å². The first-order valence-corrected chi connectivity index (χ1v) is 5.51. The van der Waals surface area contributed by atoms with Crippen LogP contribution < -0.4 is 11.1 Å². The van der Waals surface area contributed by atoms with Gasteiger partial charge in [-0.3, -0.25) is 0 Å². The minimum Gasteiger partial charge on any atom is -0.394 e. The second-order valence-electron chi connectivity index (χ2n) is 4.20. The van der Waals surface area contributed by atoms with Gasteiger partial charge in [-0.2, -0.15) is 0 Å². The van der Waals surface area contributed by atoms with Crippen LogP contribution in [0, 0.1) is 0 Å². The molecule has 0 aliphatic rings. The summed E-state index contributed by atoms with van der Waals surface area (Å²) in [6, 6.07) is -0.297. The van der Waals surface area contributed by atoms with E-state index in [2.05, 4.69) is 18.5 Å². The topological polar surface area (TPSA) is 58.3 Å². The lowest BCUT2D eigenvalue weighted by molar-refractivity contribution is 0.264. The molecular weight excluding hydrogens is 200 g/mol. The van der Waals surface area contributed by atoms with Crippen molar-refractivity contribution < 1.29 is 5.11 Å². The van der Waals surface area contributed by atoms with Gasteiger partial charge in [0, 0.05) is 11.7 Å². The fraction of sp³-hybridized carbons (Fsp3) is 0.538. The molecule has 0 bridgehead atoms. The quantitative estimate of drug-likeness (QED) is 0.577. The molecule has 0 aliphatic heterocycles. The molecule has 0 fully saturated rings. The van der Waals surface area contributed by atoms with Crippen molar-refractivity contribution in [2.24, 2.45) is 5.73 Å². The maximum absolute atomic E-state index is 9.14. The summed E-state index contributed by atoms with van der Waals surface area (Å²) in [5, 5.41) is 12.2. The molecule has 2 unspecified atom stereocenters. The van der Waals surface area contributed by atoms with Gasteiger partial charge in [-0.1, -0.05) is 30.4 Å². The van der Waals surface area contributed by atoms with Crippen LogP contribution >= 0.6 is 0 Å². The van der Waals surface area contributed by atoms with E-state index in [1.165, 1.54) is 5.57 Å². The van der Waals surface area contributed by atoms with Gasteiger partial charge >= 0.3 is 0 Å². The largest absolute Gasteiger partial charge is 0.394 e. The summed E-state index contributed by atoms with van der Waals surface area (Å²) in [6.45, 7) is 13.6. The lowest BCUT2D eigenvalue weighted by atomic mass is 10.0. The Balaban J connectivity index is 4.29. The normalized spacial score (nSPS) is 15.4. The lowest BCUT2D eigenvalue weighted by Gasteiger charge is -2.23. The first-order chi connectivity index (χ1) is 7.42. The van der Waals surface area contributed by atoms with Gasteiger partial charge in [-0.05, 0) is 27.2 Å². The van der Waals surface area contributed by atoms with Gasteiger partial charge in [0.25, 0.3) is 0 Å². The third-order valence-corrected chi connectivity index (χ3v) is 2.62. The number of aliphatic hydroxyl groups is 1. The fourth-order valence-electron chi connectivity index (χ4n) is 1.24. The molecule has 0 spiro atoms. The van der Waals surface area contributed by atoms with E-state index in [4.69, 9.17) is 10.8 Å². The summed E-state index contributed by atoms with van der Waals surface area (Å²) in [4.78, 5) is 0. The van der Waals surface area contributed by atoms with Gasteiger partial charge in [0.15, 0.2) is 0 Å². The van der Waals surface area contributed by atoms with Crippen LogP contribution in [0.3, 0.4) is 0 Å². The van der Waals surface area contributed by atoms with Crippen LogP contribution in [0.1, 0.15) is 27.2 Å². The van der Waals surface area contributed by atoms with Crippen molar-refractivity contribution in [2.45, 2.75) is 39.3 Å². The van der Waals surface area contributed by atoms with Crippen LogP contribution in [-0.2, 0) is 0 Å². The Bertz CT molecular complexity index is 282. The molecule has 0 saturated heterocycles. The van der Waals surface area contributed by atoms with Gasteiger partial charge in [-0.15, -0.1) is 0 Å². The highest BCUT2D eigenvalue weighted by atomic mass is 16.3. The van der Waals surface area contributed by atoms with Crippen LogP contribution in [-0.4, -0.2) is 23.8 Å². The molecule has 0 aliphatic carbocycles. The van der Waals surface area contributed by atoms with E-state index < -0.39 is 0 Å². The van der Waals surface area contributed by atoms with E-state index in [0.717, 1.165) is 17.7 Å². The highest BCUT2D eigenvalue weighted by molar-refractivity contribution is 5.14. The summed E-state index contributed by atoms with van der Waals surface area (Å²) >= 11 is 0. The summed E-state index contributed by atoms with van der Waals surface area (Å²) < 4.78 is 0. The zero-order valence-electron chi connectivity index (χ0n) is 10.6. The molecular formula is C13H24N2O. The molecule has 0 heterocycles. The van der Waals surface area contributed by atoms with Gasteiger partial charge in [0.05, 0.1) is 12.6 Å². The van der Waals surface area contributed by atoms with Gasteiger partial charge in [0.2, 0.25) is 0 Å². The Kier molecular flexibility index (Phi) is 6.77. The molecule has 92 valence electrons. The van der Waals surface area contributed by atoms with E-state index in [9.17, 15) is 0 Å². The third-order valence-electron chi connectivity index (χ3n) is 2.62. The van der Waals surface area contributed by atoms with Crippen molar-refractivity contribution in [2.75, 3.05) is 6.61 Å². The van der Waals surface area contributed by atoms with Crippen molar-refractivity contribution in [3.63, 3.8) is 0 Å². The Morgan fingerprint density at radius 3 is 2.38 bits per heavy atom. The Hall–Kier alpha value is -1.06. The molecule has 16 heavy (non-hydrogen) atoms. The molecule has 4 N–H and O–H groups in total. The second kappa shape index (κ2) is 7.25. The average Bonchev–Trinajstić information content (AvgIpc) is 2.24. The maximum atomic E-state index is 9.14. The molecule has 0 aromatic rings. The summed E-state index contributed by atoms with van der Waals surface area (Å²) in [5.74, 6) is 0. The lowest BCUT2D eigenvalue weighted by Crippen LogP contribution is -2.39. The molecule has 0 radical (unpaired) electrons. The van der Waals surface area contributed by atoms with E-state index >= 15 is 0 Å². The first-order valence-electron chi connectivity index (χ1n) is 5.51. The predicted octanol–water partition coefficient (Wildman–Crippen LogP) is 1.71. The third kappa shape index (κ3) is 5.14. The number of hydrogen-bond donors (Lipinski definition) is 3. The van der Waals surface area contributed by atoms with Gasteiger partial charge in [0.1, 0.15) is 0 Å². The van der Waals surface area contributed by atoms with Crippen LogP contribution in [0.15, 0.2) is 36.1 Å². The molecule has 0 aromatic heterocycles. The molecule has 0 aromatic carbocycles. The van der Waals surface area contributed by atoms with Crippen molar-refractivity contribution in [1.82, 2.24) is 5.32 Å². The van der Waals surface area contributed by atoms with E-state index in [1.807, 2.05) is 26.8 Å². The van der Waals surface area contributed by atoms with Crippen LogP contribution in [0.2, 0.25) is 0 Å². The number of aliphatic hydroxyl groups excluding tert-OH is 1. The Morgan fingerprint density at radius 2 is 2.00 bits per heavy atom. The fourth-order valence-corrected chi connectivity index (χ4v) is 1.24. The zero-order valence-corrected chi connectivity index (χ0v) is 10.6. The number of hydrogen-bond acceptors (Lipinski definition) is 3. The average molecular weight is 224 g/mol. The summed E-state index contributed by atoms with van der Waals surface area (Å²) in [7, 11) is 0. The second-order valence-corrected chi connectivity index (χ2v) is 4.20. The monoisotopic (exact) mass is 224 g/mol. The van der Waals surface area contributed by atoms with Crippen LogP contribution in [0.5, 0.6) is 0 Å². The number of allylic oxidation sites excluding steroid dienone is 1. The number of nitrogens with one attached hydrogen (secondary N) is 1. The molecule has 3 heteroatoms.